The van der Waals surface area contributed by atoms with Crippen molar-refractivity contribution in [1.82, 2.24) is 10.3 Å². The number of carbonyl (C=O) groups excluding carboxylic acids is 2. The normalized spacial score (nSPS) is 20.3. The van der Waals surface area contributed by atoms with Gasteiger partial charge in [-0.25, -0.2) is 4.98 Å². The maximum absolute atomic E-state index is 13.1. The third kappa shape index (κ3) is 4.93. The molecule has 1 aliphatic heterocycles. The van der Waals surface area contributed by atoms with Gasteiger partial charge in [0.2, 0.25) is 5.91 Å². The van der Waals surface area contributed by atoms with E-state index < -0.39 is 0 Å². The minimum Gasteiger partial charge on any atom is -0.492 e. The van der Waals surface area contributed by atoms with Crippen molar-refractivity contribution in [3.63, 3.8) is 0 Å². The number of thiazole rings is 1. The van der Waals surface area contributed by atoms with E-state index in [0.29, 0.717) is 23.4 Å². The number of hydrogen-bond acceptors (Lipinski definition) is 7. The fourth-order valence-corrected chi connectivity index (χ4v) is 6.33. The summed E-state index contributed by atoms with van der Waals surface area (Å²) < 4.78 is 6.67. The maximum atomic E-state index is 13.1. The number of nitrogens with one attached hydrogen (secondary N) is 2. The van der Waals surface area contributed by atoms with Gasteiger partial charge in [-0.3, -0.25) is 9.59 Å². The number of benzene rings is 2. The van der Waals surface area contributed by atoms with Crippen LogP contribution in [0, 0.1) is 5.92 Å². The molecule has 0 unspecified atom stereocenters. The van der Waals surface area contributed by atoms with Crippen LogP contribution in [0.2, 0.25) is 0 Å². The fraction of sp³-hybridized carbons (Fsp3) is 0.400. The predicted molar refractivity (Wildman–Crippen MR) is 134 cm³/mol. The summed E-state index contributed by atoms with van der Waals surface area (Å²) in [5.41, 5.74) is 2.87. The summed E-state index contributed by atoms with van der Waals surface area (Å²) in [7, 11) is 0. The van der Waals surface area contributed by atoms with E-state index in [-0.39, 0.29) is 17.6 Å². The topological polar surface area (TPSA) is 80.3 Å². The number of ether oxygens (including phenoxy) is 1. The number of nitrogens with zero attached hydrogens (tertiary/aromatic N) is 1. The van der Waals surface area contributed by atoms with E-state index in [4.69, 9.17) is 4.74 Å². The third-order valence-corrected chi connectivity index (χ3v) is 8.37. The Morgan fingerprint density at radius 2 is 2.06 bits per heavy atom. The molecule has 2 N–H and O–H groups in total. The Labute approximate surface area is 201 Å². The molecule has 172 valence electrons. The summed E-state index contributed by atoms with van der Waals surface area (Å²) in [6.07, 6.45) is 3.70. The second kappa shape index (κ2) is 9.83. The number of ketones is 1. The van der Waals surface area contributed by atoms with Crippen molar-refractivity contribution in [2.24, 2.45) is 5.92 Å². The molecule has 2 heterocycles. The summed E-state index contributed by atoms with van der Waals surface area (Å²) in [5, 5.41) is 7.19. The monoisotopic (exact) mass is 481 g/mol. The summed E-state index contributed by atoms with van der Waals surface area (Å²) in [5.74, 6) is 1.49. The molecule has 6 nitrogen and oxygen atoms in total. The van der Waals surface area contributed by atoms with E-state index in [1.165, 1.54) is 11.3 Å². The van der Waals surface area contributed by atoms with Gasteiger partial charge in [0.15, 0.2) is 10.8 Å². The van der Waals surface area contributed by atoms with E-state index in [1.54, 1.807) is 11.8 Å². The second-order valence-corrected chi connectivity index (χ2v) is 10.6. The number of carbonyl (C=O) groups is 2. The van der Waals surface area contributed by atoms with E-state index in [9.17, 15) is 9.59 Å². The lowest BCUT2D eigenvalue weighted by Crippen LogP contribution is -2.34. The van der Waals surface area contributed by atoms with Gasteiger partial charge in [-0.05, 0) is 62.4 Å². The van der Waals surface area contributed by atoms with Gasteiger partial charge in [0.05, 0.1) is 22.7 Å². The first-order chi connectivity index (χ1) is 16.1. The molecular formula is C25H27N3O3S2. The number of thioether (sulfide) groups is 1. The molecule has 1 amide bonds. The van der Waals surface area contributed by atoms with E-state index in [1.807, 2.05) is 25.1 Å². The van der Waals surface area contributed by atoms with Crippen LogP contribution in [-0.2, 0) is 11.3 Å². The van der Waals surface area contributed by atoms with Crippen LogP contribution in [0.4, 0.5) is 5.69 Å². The molecule has 0 bridgehead atoms. The molecule has 1 fully saturated rings. The standard InChI is InChI=1S/C25H27N3O3S2/c1-2-31-19-4-3-5-21-23(19)28-25(33-21)24(30)16-7-9-17(10-8-16)26-13-15-6-11-20-18(12-15)27-22(29)14-32-20/h3-6,11-12,16-17,26H,2,7-10,13-14H2,1H3,(H,27,29). The van der Waals surface area contributed by atoms with Crippen LogP contribution in [-0.4, -0.2) is 35.1 Å². The van der Waals surface area contributed by atoms with Crippen molar-refractivity contribution in [2.75, 3.05) is 17.7 Å². The first kappa shape index (κ1) is 22.4. The Bertz CT molecular complexity index is 1180. The Balaban J connectivity index is 1.16. The lowest BCUT2D eigenvalue weighted by atomic mass is 9.83. The van der Waals surface area contributed by atoms with Crippen LogP contribution >= 0.6 is 23.1 Å². The maximum Gasteiger partial charge on any atom is 0.234 e. The highest BCUT2D eigenvalue weighted by atomic mass is 32.2. The zero-order chi connectivity index (χ0) is 22.8. The SMILES string of the molecule is CCOc1cccc2sc(C(=O)C3CCC(NCc4ccc5c(c4)NC(=O)CS5)CC3)nc12. The van der Waals surface area contributed by atoms with E-state index in [2.05, 4.69) is 33.8 Å². The van der Waals surface area contributed by atoms with Crippen molar-refractivity contribution in [3.8, 4) is 5.75 Å². The minimum atomic E-state index is 0.0372. The van der Waals surface area contributed by atoms with Gasteiger partial charge in [0.25, 0.3) is 0 Å². The molecule has 8 heteroatoms. The average Bonchev–Trinajstić information content (AvgIpc) is 3.28. The molecule has 1 saturated carbocycles. The second-order valence-electron chi connectivity index (χ2n) is 8.52. The molecule has 2 aromatic carbocycles. The number of fused-ring (bicyclic) bond motifs is 2. The van der Waals surface area contributed by atoms with Gasteiger partial charge >= 0.3 is 0 Å². The van der Waals surface area contributed by atoms with Gasteiger partial charge in [-0.2, -0.15) is 0 Å². The Morgan fingerprint density at radius 3 is 2.88 bits per heavy atom. The number of aromatic nitrogens is 1. The van der Waals surface area contributed by atoms with Gasteiger partial charge in [0.1, 0.15) is 11.3 Å². The molecule has 3 aromatic rings. The highest BCUT2D eigenvalue weighted by Crippen LogP contribution is 2.34. The summed E-state index contributed by atoms with van der Waals surface area (Å²) >= 11 is 3.05. The van der Waals surface area contributed by atoms with Gasteiger partial charge < -0.3 is 15.4 Å². The minimum absolute atomic E-state index is 0.0372. The van der Waals surface area contributed by atoms with E-state index >= 15 is 0 Å². The Kier molecular flexibility index (Phi) is 6.66. The largest absolute Gasteiger partial charge is 0.492 e. The molecule has 2 aliphatic rings. The molecule has 1 aromatic heterocycles. The first-order valence-electron chi connectivity index (χ1n) is 11.5. The number of para-hydroxylation sites is 1. The van der Waals surface area contributed by atoms with Gasteiger partial charge in [0, 0.05) is 23.4 Å². The predicted octanol–water partition coefficient (Wildman–Crippen LogP) is 5.27. The summed E-state index contributed by atoms with van der Waals surface area (Å²) in [4.78, 5) is 30.5. The molecule has 33 heavy (non-hydrogen) atoms. The number of hydrogen-bond donors (Lipinski definition) is 2. The highest BCUT2D eigenvalue weighted by Gasteiger charge is 2.29. The molecule has 0 saturated heterocycles. The Morgan fingerprint density at radius 1 is 1.21 bits per heavy atom. The molecule has 0 spiro atoms. The molecule has 0 atom stereocenters. The zero-order valence-electron chi connectivity index (χ0n) is 18.6. The summed E-state index contributed by atoms with van der Waals surface area (Å²) in [6, 6.07) is 12.5. The zero-order valence-corrected chi connectivity index (χ0v) is 20.2. The van der Waals surface area contributed by atoms with Gasteiger partial charge in [-0.15, -0.1) is 23.1 Å². The molecule has 5 rings (SSSR count). The van der Waals surface area contributed by atoms with Crippen molar-refractivity contribution >= 4 is 50.7 Å². The van der Waals surface area contributed by atoms with Crippen LogP contribution in [0.5, 0.6) is 5.75 Å². The number of amides is 1. The van der Waals surface area contributed by atoms with Crippen molar-refractivity contribution in [2.45, 2.75) is 50.1 Å². The van der Waals surface area contributed by atoms with Crippen molar-refractivity contribution in [3.05, 3.63) is 47.0 Å². The van der Waals surface area contributed by atoms with Gasteiger partial charge in [-0.1, -0.05) is 12.1 Å². The summed E-state index contributed by atoms with van der Waals surface area (Å²) in [6.45, 7) is 3.29. The van der Waals surface area contributed by atoms with Crippen molar-refractivity contribution < 1.29 is 14.3 Å². The smallest absolute Gasteiger partial charge is 0.234 e. The first-order valence-corrected chi connectivity index (χ1v) is 13.3. The van der Waals surface area contributed by atoms with Crippen LogP contribution in [0.15, 0.2) is 41.3 Å². The highest BCUT2D eigenvalue weighted by molar-refractivity contribution is 8.00. The fourth-order valence-electron chi connectivity index (χ4n) is 4.54. The van der Waals surface area contributed by atoms with Crippen LogP contribution in [0.25, 0.3) is 10.2 Å². The lowest BCUT2D eigenvalue weighted by Gasteiger charge is -2.28. The Hall–Kier alpha value is -2.42. The van der Waals surface area contributed by atoms with E-state index in [0.717, 1.165) is 64.3 Å². The number of Topliss-reactive ketones (excluding diaryl/α,β-unsaturated/α-hetero) is 1. The molecular weight excluding hydrogens is 454 g/mol. The number of anilines is 1. The molecule has 1 aliphatic carbocycles. The average molecular weight is 482 g/mol. The van der Waals surface area contributed by atoms with Crippen molar-refractivity contribution in [1.29, 1.82) is 0 Å². The lowest BCUT2D eigenvalue weighted by molar-refractivity contribution is -0.113. The number of rotatable bonds is 7. The van der Waals surface area contributed by atoms with Crippen LogP contribution < -0.4 is 15.4 Å². The van der Waals surface area contributed by atoms with Crippen LogP contribution in [0.1, 0.15) is 48.0 Å². The molecule has 0 radical (unpaired) electrons. The van der Waals surface area contributed by atoms with Crippen LogP contribution in [0.3, 0.4) is 0 Å². The quantitative estimate of drug-likeness (QED) is 0.448. The third-order valence-electron chi connectivity index (χ3n) is 6.26.